The van der Waals surface area contributed by atoms with Crippen LogP contribution < -0.4 is 5.32 Å². The molecule has 0 spiro atoms. The van der Waals surface area contributed by atoms with E-state index in [0.717, 1.165) is 35.5 Å². The molecule has 6 nitrogen and oxygen atoms in total. The topological polar surface area (TPSA) is 73.0 Å². The van der Waals surface area contributed by atoms with Crippen LogP contribution in [0, 0.1) is 19.8 Å². The lowest BCUT2D eigenvalue weighted by Crippen LogP contribution is -2.12. The summed E-state index contributed by atoms with van der Waals surface area (Å²) in [6.07, 6.45) is 2.02. The summed E-state index contributed by atoms with van der Waals surface area (Å²) in [7, 11) is 0. The number of hydrogen-bond acceptors (Lipinski definition) is 4. The molecule has 0 fully saturated rings. The smallest absolute Gasteiger partial charge is 0.231 e. The number of carbonyl (C=O) groups excluding carboxylic acids is 1. The molecule has 1 amide bonds. The fraction of sp³-hybridized carbons (Fsp3) is 0.435. The van der Waals surface area contributed by atoms with Crippen LogP contribution in [0.25, 0.3) is 11.3 Å². The normalized spacial score (nSPS) is 11.2. The van der Waals surface area contributed by atoms with E-state index >= 15 is 0 Å². The predicted octanol–water partition coefficient (Wildman–Crippen LogP) is 4.94. The van der Waals surface area contributed by atoms with Gasteiger partial charge in [-0.15, -0.1) is 0 Å². The van der Waals surface area contributed by atoms with E-state index < -0.39 is 0 Å². The maximum absolute atomic E-state index is 12.4. The van der Waals surface area contributed by atoms with Gasteiger partial charge in [-0.2, -0.15) is 5.10 Å². The molecule has 0 aliphatic heterocycles. The first-order valence-electron chi connectivity index (χ1n) is 10.3. The van der Waals surface area contributed by atoms with Gasteiger partial charge in [-0.1, -0.05) is 50.2 Å². The molecule has 2 heterocycles. The van der Waals surface area contributed by atoms with Crippen molar-refractivity contribution in [2.75, 3.05) is 5.32 Å². The first-order chi connectivity index (χ1) is 13.9. The van der Waals surface area contributed by atoms with Crippen LogP contribution in [0.4, 0.5) is 5.88 Å². The third kappa shape index (κ3) is 5.13. The molecule has 0 aliphatic carbocycles. The van der Waals surface area contributed by atoms with Gasteiger partial charge in [-0.3, -0.25) is 14.8 Å². The Hall–Kier alpha value is -2.89. The summed E-state index contributed by atoms with van der Waals surface area (Å²) < 4.78 is 7.34. The van der Waals surface area contributed by atoms with Crippen LogP contribution in [0.2, 0.25) is 0 Å². The van der Waals surface area contributed by atoms with Crippen molar-refractivity contribution in [1.82, 2.24) is 14.9 Å². The molecule has 0 saturated heterocycles. The lowest BCUT2D eigenvalue weighted by molar-refractivity contribution is -0.116. The minimum absolute atomic E-state index is 0.0931. The van der Waals surface area contributed by atoms with Crippen molar-refractivity contribution < 1.29 is 9.32 Å². The van der Waals surface area contributed by atoms with Crippen LogP contribution >= 0.6 is 0 Å². The summed E-state index contributed by atoms with van der Waals surface area (Å²) in [5.74, 6) is 0.806. The van der Waals surface area contributed by atoms with Crippen molar-refractivity contribution in [1.29, 1.82) is 0 Å². The number of anilines is 1. The SMILES string of the molecule is CCc1ccc(-c2cc(NC(=O)CCc3c(C)nn(CC(C)C)c3C)on2)cc1. The number of aryl methyl sites for hydroxylation is 2. The van der Waals surface area contributed by atoms with Crippen LogP contribution in [0.15, 0.2) is 34.9 Å². The van der Waals surface area contributed by atoms with Gasteiger partial charge >= 0.3 is 0 Å². The second kappa shape index (κ2) is 9.07. The summed E-state index contributed by atoms with van der Waals surface area (Å²) in [6.45, 7) is 11.4. The number of rotatable bonds is 8. The summed E-state index contributed by atoms with van der Waals surface area (Å²) >= 11 is 0. The van der Waals surface area contributed by atoms with Crippen molar-refractivity contribution in [2.45, 2.75) is 60.4 Å². The Morgan fingerprint density at radius 2 is 1.93 bits per heavy atom. The Labute approximate surface area is 172 Å². The van der Waals surface area contributed by atoms with E-state index in [1.54, 1.807) is 6.07 Å². The number of nitrogens with zero attached hydrogens (tertiary/aromatic N) is 3. The van der Waals surface area contributed by atoms with E-state index in [1.165, 1.54) is 5.56 Å². The molecule has 3 aromatic rings. The van der Waals surface area contributed by atoms with Gasteiger partial charge in [0.2, 0.25) is 11.8 Å². The average Bonchev–Trinajstić information content (AvgIpc) is 3.25. The third-order valence-corrected chi connectivity index (χ3v) is 5.10. The highest BCUT2D eigenvalue weighted by Gasteiger charge is 2.15. The van der Waals surface area contributed by atoms with Crippen LogP contribution in [0.5, 0.6) is 0 Å². The van der Waals surface area contributed by atoms with Gasteiger partial charge in [-0.25, -0.2) is 0 Å². The lowest BCUT2D eigenvalue weighted by Gasteiger charge is -2.08. The fourth-order valence-electron chi connectivity index (χ4n) is 3.44. The second-order valence-corrected chi connectivity index (χ2v) is 7.90. The Balaban J connectivity index is 1.59. The summed E-state index contributed by atoms with van der Waals surface area (Å²) in [4.78, 5) is 12.4. The molecule has 0 bridgehead atoms. The highest BCUT2D eigenvalue weighted by molar-refractivity contribution is 5.90. The molecule has 2 aromatic heterocycles. The van der Waals surface area contributed by atoms with Crippen LogP contribution in [0.1, 0.15) is 49.7 Å². The molecule has 29 heavy (non-hydrogen) atoms. The molecule has 0 aliphatic rings. The molecule has 154 valence electrons. The van der Waals surface area contributed by atoms with E-state index in [4.69, 9.17) is 4.52 Å². The molecule has 0 unspecified atom stereocenters. The number of benzene rings is 1. The highest BCUT2D eigenvalue weighted by Crippen LogP contribution is 2.23. The first kappa shape index (κ1) is 20.8. The zero-order chi connectivity index (χ0) is 21.0. The van der Waals surface area contributed by atoms with Crippen LogP contribution in [0.3, 0.4) is 0 Å². The maximum Gasteiger partial charge on any atom is 0.231 e. The monoisotopic (exact) mass is 394 g/mol. The Morgan fingerprint density at radius 1 is 1.21 bits per heavy atom. The molecular formula is C23H30N4O2. The molecule has 1 aromatic carbocycles. The third-order valence-electron chi connectivity index (χ3n) is 5.10. The standard InChI is InChI=1S/C23H30N4O2/c1-6-18-7-9-19(10-8-18)21-13-23(29-26-21)24-22(28)12-11-20-16(4)25-27(17(20)5)14-15(2)3/h7-10,13,15H,6,11-12,14H2,1-5H3,(H,24,28). The number of nitrogens with one attached hydrogen (secondary N) is 1. The highest BCUT2D eigenvalue weighted by atomic mass is 16.5. The van der Waals surface area contributed by atoms with Crippen molar-refractivity contribution >= 4 is 11.8 Å². The Bertz CT molecular complexity index is 967. The van der Waals surface area contributed by atoms with Gasteiger partial charge in [0.1, 0.15) is 5.69 Å². The van der Waals surface area contributed by atoms with Gasteiger partial charge < -0.3 is 4.52 Å². The van der Waals surface area contributed by atoms with Gasteiger partial charge in [0.05, 0.1) is 5.69 Å². The zero-order valence-corrected chi connectivity index (χ0v) is 18.0. The van der Waals surface area contributed by atoms with Crippen LogP contribution in [-0.2, 0) is 24.2 Å². The molecule has 6 heteroatoms. The van der Waals surface area contributed by atoms with E-state index in [9.17, 15) is 4.79 Å². The van der Waals surface area contributed by atoms with Crippen molar-refractivity contribution in [3.63, 3.8) is 0 Å². The number of hydrogen-bond donors (Lipinski definition) is 1. The van der Waals surface area contributed by atoms with E-state index in [0.29, 0.717) is 30.3 Å². The van der Waals surface area contributed by atoms with Gasteiger partial charge in [0, 0.05) is 30.3 Å². The largest absolute Gasteiger partial charge is 0.338 e. The Morgan fingerprint density at radius 3 is 2.59 bits per heavy atom. The number of carbonyl (C=O) groups is 1. The minimum Gasteiger partial charge on any atom is -0.338 e. The molecule has 3 rings (SSSR count). The van der Waals surface area contributed by atoms with Crippen LogP contribution in [-0.4, -0.2) is 20.8 Å². The molecule has 0 saturated carbocycles. The average molecular weight is 395 g/mol. The zero-order valence-electron chi connectivity index (χ0n) is 18.0. The summed E-state index contributed by atoms with van der Waals surface area (Å²) in [6, 6.07) is 9.94. The fourth-order valence-corrected chi connectivity index (χ4v) is 3.44. The van der Waals surface area contributed by atoms with E-state index in [2.05, 4.69) is 55.4 Å². The van der Waals surface area contributed by atoms with Crippen molar-refractivity contribution in [2.24, 2.45) is 5.92 Å². The van der Waals surface area contributed by atoms with Crippen molar-refractivity contribution in [3.05, 3.63) is 52.8 Å². The summed E-state index contributed by atoms with van der Waals surface area (Å²) in [5.41, 5.74) is 6.23. The molecule has 0 atom stereocenters. The Kier molecular flexibility index (Phi) is 6.52. The summed E-state index contributed by atoms with van der Waals surface area (Å²) in [5, 5.41) is 11.5. The predicted molar refractivity (Wildman–Crippen MR) is 115 cm³/mol. The minimum atomic E-state index is -0.0931. The number of aromatic nitrogens is 3. The molecule has 0 radical (unpaired) electrons. The number of amides is 1. The molecular weight excluding hydrogens is 364 g/mol. The van der Waals surface area contributed by atoms with Crippen molar-refractivity contribution in [3.8, 4) is 11.3 Å². The van der Waals surface area contributed by atoms with Gasteiger partial charge in [0.25, 0.3) is 0 Å². The quantitative estimate of drug-likeness (QED) is 0.587. The van der Waals surface area contributed by atoms with Gasteiger partial charge in [-0.05, 0) is 43.7 Å². The van der Waals surface area contributed by atoms with E-state index in [1.807, 2.05) is 23.7 Å². The molecule has 1 N–H and O–H groups in total. The van der Waals surface area contributed by atoms with Gasteiger partial charge in [0.15, 0.2) is 0 Å². The maximum atomic E-state index is 12.4. The second-order valence-electron chi connectivity index (χ2n) is 7.90. The first-order valence-corrected chi connectivity index (χ1v) is 10.3. The van der Waals surface area contributed by atoms with E-state index in [-0.39, 0.29) is 5.91 Å². The lowest BCUT2D eigenvalue weighted by atomic mass is 10.1.